The maximum atomic E-state index is 12.1. The van der Waals surface area contributed by atoms with Crippen molar-refractivity contribution in [3.8, 4) is 5.75 Å². The first-order valence-corrected chi connectivity index (χ1v) is 7.47. The van der Waals surface area contributed by atoms with Gasteiger partial charge < -0.3 is 24.6 Å². The third-order valence-electron chi connectivity index (χ3n) is 3.67. The molecule has 1 aromatic rings. The number of carbonyl (C=O) groups excluding carboxylic acids is 1. The summed E-state index contributed by atoms with van der Waals surface area (Å²) in [5.41, 5.74) is 0. The van der Waals surface area contributed by atoms with Gasteiger partial charge in [-0.15, -0.1) is 0 Å². The van der Waals surface area contributed by atoms with E-state index in [0.29, 0.717) is 32.8 Å². The van der Waals surface area contributed by atoms with Crippen LogP contribution >= 0.6 is 0 Å². The average molecular weight is 308 g/mol. The lowest BCUT2D eigenvalue weighted by atomic mass is 10.3. The third kappa shape index (κ3) is 4.57. The van der Waals surface area contributed by atoms with Crippen molar-refractivity contribution < 1.29 is 14.3 Å². The normalized spacial score (nSPS) is 15.0. The number of ether oxygens (including phenoxy) is 2. The van der Waals surface area contributed by atoms with Crippen molar-refractivity contribution in [2.75, 3.05) is 65.0 Å². The fourth-order valence-corrected chi connectivity index (χ4v) is 2.37. The summed E-state index contributed by atoms with van der Waals surface area (Å²) in [5, 5.41) is 3.08. The first-order valence-electron chi connectivity index (χ1n) is 7.47. The SMILES string of the molecule is COCCNCC(=O)N1CCN(c2cc(OC)ccn2)CC1. The molecule has 1 amide bonds. The zero-order valence-corrected chi connectivity index (χ0v) is 13.2. The molecule has 22 heavy (non-hydrogen) atoms. The lowest BCUT2D eigenvalue weighted by Gasteiger charge is -2.35. The summed E-state index contributed by atoms with van der Waals surface area (Å²) in [4.78, 5) is 20.5. The van der Waals surface area contributed by atoms with Crippen LogP contribution in [0.4, 0.5) is 5.82 Å². The quantitative estimate of drug-likeness (QED) is 0.714. The molecule has 1 aliphatic rings. The number of aromatic nitrogens is 1. The molecular formula is C15H24N4O3. The standard InChI is InChI=1S/C15H24N4O3/c1-21-10-5-16-12-15(20)19-8-6-18(7-9-19)14-11-13(22-2)3-4-17-14/h3-4,11,16H,5-10,12H2,1-2H3. The van der Waals surface area contributed by atoms with Gasteiger partial charge in [-0.25, -0.2) is 4.98 Å². The topological polar surface area (TPSA) is 66.9 Å². The van der Waals surface area contributed by atoms with Gasteiger partial charge in [0, 0.05) is 52.1 Å². The number of rotatable bonds is 7. The fraction of sp³-hybridized carbons (Fsp3) is 0.600. The number of anilines is 1. The van der Waals surface area contributed by atoms with E-state index < -0.39 is 0 Å². The van der Waals surface area contributed by atoms with Crippen LogP contribution in [0.2, 0.25) is 0 Å². The summed E-state index contributed by atoms with van der Waals surface area (Å²) in [6, 6.07) is 3.75. The van der Waals surface area contributed by atoms with Crippen molar-refractivity contribution in [2.45, 2.75) is 0 Å². The van der Waals surface area contributed by atoms with Gasteiger partial charge >= 0.3 is 0 Å². The lowest BCUT2D eigenvalue weighted by Crippen LogP contribution is -2.51. The summed E-state index contributed by atoms with van der Waals surface area (Å²) < 4.78 is 10.2. The summed E-state index contributed by atoms with van der Waals surface area (Å²) in [6.07, 6.45) is 1.74. The van der Waals surface area contributed by atoms with E-state index in [2.05, 4.69) is 15.2 Å². The number of carbonyl (C=O) groups is 1. The lowest BCUT2D eigenvalue weighted by molar-refractivity contribution is -0.130. The molecule has 0 unspecified atom stereocenters. The van der Waals surface area contributed by atoms with E-state index in [-0.39, 0.29) is 5.91 Å². The van der Waals surface area contributed by atoms with Gasteiger partial charge in [0.1, 0.15) is 11.6 Å². The summed E-state index contributed by atoms with van der Waals surface area (Å²) in [6.45, 7) is 4.65. The van der Waals surface area contributed by atoms with Crippen molar-refractivity contribution in [2.24, 2.45) is 0 Å². The molecule has 7 nitrogen and oxygen atoms in total. The van der Waals surface area contributed by atoms with Gasteiger partial charge in [0.05, 0.1) is 20.3 Å². The van der Waals surface area contributed by atoms with Gasteiger partial charge in [-0.1, -0.05) is 0 Å². The molecule has 122 valence electrons. The Kier molecular flexibility index (Phi) is 6.42. The number of nitrogens with one attached hydrogen (secondary N) is 1. The van der Waals surface area contributed by atoms with Gasteiger partial charge in [-0.2, -0.15) is 0 Å². The fourth-order valence-electron chi connectivity index (χ4n) is 2.37. The van der Waals surface area contributed by atoms with Crippen molar-refractivity contribution in [1.29, 1.82) is 0 Å². The van der Waals surface area contributed by atoms with Gasteiger partial charge in [-0.05, 0) is 6.07 Å². The van der Waals surface area contributed by atoms with Crippen LogP contribution < -0.4 is 15.0 Å². The predicted octanol–water partition coefficient (Wildman–Crippen LogP) is -0.0252. The minimum atomic E-state index is 0.134. The molecule has 2 rings (SSSR count). The number of piperazine rings is 1. The first-order chi connectivity index (χ1) is 10.7. The van der Waals surface area contributed by atoms with E-state index in [4.69, 9.17) is 9.47 Å². The second-order valence-electron chi connectivity index (χ2n) is 5.09. The Hall–Kier alpha value is -1.86. The number of hydrogen-bond acceptors (Lipinski definition) is 6. The molecule has 0 atom stereocenters. The molecule has 1 saturated heterocycles. The van der Waals surface area contributed by atoms with Crippen LogP contribution in [0.15, 0.2) is 18.3 Å². The number of nitrogens with zero attached hydrogens (tertiary/aromatic N) is 3. The Labute approximate surface area is 131 Å². The molecule has 0 spiro atoms. The highest BCUT2D eigenvalue weighted by Gasteiger charge is 2.21. The predicted molar refractivity (Wildman–Crippen MR) is 84.3 cm³/mol. The van der Waals surface area contributed by atoms with Crippen molar-refractivity contribution >= 4 is 11.7 Å². The Morgan fingerprint density at radius 3 is 2.77 bits per heavy atom. The van der Waals surface area contributed by atoms with Crippen LogP contribution in [-0.2, 0) is 9.53 Å². The molecule has 1 fully saturated rings. The van der Waals surface area contributed by atoms with E-state index in [1.54, 1.807) is 20.4 Å². The average Bonchev–Trinajstić information content (AvgIpc) is 2.59. The molecule has 0 radical (unpaired) electrons. The molecule has 0 aromatic carbocycles. The van der Waals surface area contributed by atoms with Gasteiger partial charge in [-0.3, -0.25) is 4.79 Å². The van der Waals surface area contributed by atoms with E-state index >= 15 is 0 Å². The monoisotopic (exact) mass is 308 g/mol. The van der Waals surface area contributed by atoms with Crippen molar-refractivity contribution in [3.05, 3.63) is 18.3 Å². The van der Waals surface area contributed by atoms with Crippen LogP contribution in [0.1, 0.15) is 0 Å². The zero-order chi connectivity index (χ0) is 15.8. The van der Waals surface area contributed by atoms with E-state index in [1.807, 2.05) is 17.0 Å². The Bertz CT molecular complexity index is 476. The Morgan fingerprint density at radius 2 is 2.09 bits per heavy atom. The van der Waals surface area contributed by atoms with Crippen molar-refractivity contribution in [1.82, 2.24) is 15.2 Å². The van der Waals surface area contributed by atoms with Gasteiger partial charge in [0.15, 0.2) is 0 Å². The van der Waals surface area contributed by atoms with E-state index in [0.717, 1.165) is 24.7 Å². The number of pyridine rings is 1. The summed E-state index contributed by atoms with van der Waals surface area (Å²) >= 11 is 0. The first kappa shape index (κ1) is 16.5. The van der Waals surface area contributed by atoms with Crippen molar-refractivity contribution in [3.63, 3.8) is 0 Å². The highest BCUT2D eigenvalue weighted by Crippen LogP contribution is 2.19. The number of methoxy groups -OCH3 is 2. The van der Waals surface area contributed by atoms with Crippen LogP contribution in [-0.4, -0.2) is 75.9 Å². The highest BCUT2D eigenvalue weighted by atomic mass is 16.5. The second kappa shape index (κ2) is 8.55. The molecule has 0 saturated carbocycles. The Balaban J connectivity index is 1.78. The van der Waals surface area contributed by atoms with Gasteiger partial charge in [0.25, 0.3) is 0 Å². The summed E-state index contributed by atoms with van der Waals surface area (Å²) in [7, 11) is 3.29. The molecule has 2 heterocycles. The maximum Gasteiger partial charge on any atom is 0.236 e. The second-order valence-corrected chi connectivity index (χ2v) is 5.09. The molecule has 0 aliphatic carbocycles. The van der Waals surface area contributed by atoms with Crippen LogP contribution in [0, 0.1) is 0 Å². The molecular weight excluding hydrogens is 284 g/mol. The Morgan fingerprint density at radius 1 is 1.32 bits per heavy atom. The summed E-state index contributed by atoms with van der Waals surface area (Å²) in [5.74, 6) is 1.82. The smallest absolute Gasteiger partial charge is 0.236 e. The van der Waals surface area contributed by atoms with Gasteiger partial charge in [0.2, 0.25) is 5.91 Å². The van der Waals surface area contributed by atoms with Crippen LogP contribution in [0.3, 0.4) is 0 Å². The minimum absolute atomic E-state index is 0.134. The zero-order valence-electron chi connectivity index (χ0n) is 13.2. The molecule has 1 N–H and O–H groups in total. The molecule has 7 heteroatoms. The molecule has 1 aliphatic heterocycles. The maximum absolute atomic E-state index is 12.1. The third-order valence-corrected chi connectivity index (χ3v) is 3.67. The largest absolute Gasteiger partial charge is 0.497 e. The van der Waals surface area contributed by atoms with Crippen LogP contribution in [0.25, 0.3) is 0 Å². The van der Waals surface area contributed by atoms with E-state index in [1.165, 1.54) is 0 Å². The van der Waals surface area contributed by atoms with E-state index in [9.17, 15) is 4.79 Å². The number of hydrogen-bond donors (Lipinski definition) is 1. The minimum Gasteiger partial charge on any atom is -0.497 e. The molecule has 0 bridgehead atoms. The van der Waals surface area contributed by atoms with Crippen LogP contribution in [0.5, 0.6) is 5.75 Å². The molecule has 1 aromatic heterocycles. The highest BCUT2D eigenvalue weighted by molar-refractivity contribution is 5.78. The number of amides is 1.